The van der Waals surface area contributed by atoms with Gasteiger partial charge in [0, 0.05) is 37.5 Å². The lowest BCUT2D eigenvalue weighted by atomic mass is 10.1. The average molecular weight is 391 g/mol. The molecule has 28 heavy (non-hydrogen) atoms. The fourth-order valence-electron chi connectivity index (χ4n) is 3.33. The lowest BCUT2D eigenvalue weighted by Crippen LogP contribution is -2.47. The number of rotatable bonds is 5. The Bertz CT molecular complexity index is 914. The number of anilines is 1. The molecular formula is C17H19F2N7O2. The first-order valence-electron chi connectivity index (χ1n) is 8.70. The van der Waals surface area contributed by atoms with Crippen LogP contribution >= 0.6 is 0 Å². The summed E-state index contributed by atoms with van der Waals surface area (Å²) >= 11 is 0. The van der Waals surface area contributed by atoms with Crippen LogP contribution in [0.3, 0.4) is 0 Å². The number of piperazine rings is 1. The summed E-state index contributed by atoms with van der Waals surface area (Å²) in [5.74, 6) is 2.05. The maximum atomic E-state index is 12.3. The van der Waals surface area contributed by atoms with Crippen LogP contribution in [0.1, 0.15) is 11.8 Å². The zero-order valence-corrected chi connectivity index (χ0v) is 15.4. The molecule has 1 aliphatic heterocycles. The molecule has 11 heteroatoms. The highest BCUT2D eigenvalue weighted by Crippen LogP contribution is 2.31. The minimum absolute atomic E-state index is 0.0914. The topological polar surface area (TPSA) is 85.3 Å². The zero-order chi connectivity index (χ0) is 19.7. The van der Waals surface area contributed by atoms with Crippen LogP contribution in [0.25, 0.3) is 11.4 Å². The third-order valence-electron chi connectivity index (χ3n) is 4.74. The average Bonchev–Trinajstić information content (AvgIpc) is 3.32. The van der Waals surface area contributed by atoms with Crippen molar-refractivity contribution in [3.63, 3.8) is 0 Å². The Morgan fingerprint density at radius 2 is 1.93 bits per heavy atom. The number of aromatic nitrogens is 5. The lowest BCUT2D eigenvalue weighted by molar-refractivity contribution is -0.0498. The van der Waals surface area contributed by atoms with Crippen molar-refractivity contribution in [3.8, 4) is 17.1 Å². The molecule has 0 bridgehead atoms. The Hall–Kier alpha value is -3.08. The first-order valence-corrected chi connectivity index (χ1v) is 8.70. The van der Waals surface area contributed by atoms with Gasteiger partial charge in [0.25, 0.3) is 0 Å². The second-order valence-corrected chi connectivity index (χ2v) is 6.58. The lowest BCUT2D eigenvalue weighted by Gasteiger charge is -2.38. The van der Waals surface area contributed by atoms with E-state index in [1.807, 2.05) is 18.7 Å². The normalized spacial score (nSPS) is 18.0. The largest absolute Gasteiger partial charge is 0.435 e. The zero-order valence-electron chi connectivity index (χ0n) is 15.4. The van der Waals surface area contributed by atoms with Gasteiger partial charge in [-0.3, -0.25) is 4.57 Å². The van der Waals surface area contributed by atoms with Crippen molar-refractivity contribution in [2.75, 3.05) is 31.6 Å². The molecule has 1 saturated heterocycles. The SMILES string of the molecule is CN1CCN(c2nnc(-c3ccc(OC(F)F)cc3)n2C)C(c2cnno2)C1. The van der Waals surface area contributed by atoms with Crippen LogP contribution in [0.2, 0.25) is 0 Å². The van der Waals surface area contributed by atoms with Gasteiger partial charge < -0.3 is 19.1 Å². The molecule has 1 atom stereocenters. The molecular weight excluding hydrogens is 372 g/mol. The van der Waals surface area contributed by atoms with Gasteiger partial charge in [0.1, 0.15) is 11.8 Å². The van der Waals surface area contributed by atoms with Gasteiger partial charge in [-0.1, -0.05) is 0 Å². The van der Waals surface area contributed by atoms with Gasteiger partial charge in [0.05, 0.1) is 6.20 Å². The predicted octanol–water partition coefficient (Wildman–Crippen LogP) is 1.96. The van der Waals surface area contributed by atoms with Crippen molar-refractivity contribution >= 4 is 5.95 Å². The van der Waals surface area contributed by atoms with E-state index in [0.717, 1.165) is 25.2 Å². The first-order chi connectivity index (χ1) is 13.5. The molecule has 0 N–H and O–H groups in total. The summed E-state index contributed by atoms with van der Waals surface area (Å²) in [7, 11) is 3.90. The smallest absolute Gasteiger partial charge is 0.387 e. The van der Waals surface area contributed by atoms with Gasteiger partial charge in [-0.05, 0) is 31.3 Å². The minimum atomic E-state index is -2.85. The van der Waals surface area contributed by atoms with E-state index in [1.54, 1.807) is 18.3 Å². The molecule has 0 spiro atoms. The minimum Gasteiger partial charge on any atom is -0.435 e. The number of likely N-dealkylation sites (N-methyl/N-ethyl adjacent to an activating group) is 1. The molecule has 2 aromatic heterocycles. The molecule has 3 heterocycles. The Kier molecular flexibility index (Phi) is 4.90. The molecule has 1 unspecified atom stereocenters. The Labute approximate surface area is 159 Å². The maximum absolute atomic E-state index is 12.3. The second kappa shape index (κ2) is 7.50. The summed E-state index contributed by atoms with van der Waals surface area (Å²) in [5, 5.41) is 16.0. The highest BCUT2D eigenvalue weighted by Gasteiger charge is 2.33. The standard InChI is InChI=1S/C17H19F2N7O2/c1-24-7-8-26(13(10-24)14-9-20-23-28-14)17-22-21-15(25(17)2)11-3-5-12(6-4-11)27-16(18)19/h3-6,9,13,16H,7-8,10H2,1-2H3. The van der Waals surface area contributed by atoms with Gasteiger partial charge >= 0.3 is 6.61 Å². The highest BCUT2D eigenvalue weighted by atomic mass is 19.3. The molecule has 0 aliphatic carbocycles. The fourth-order valence-corrected chi connectivity index (χ4v) is 3.33. The highest BCUT2D eigenvalue weighted by molar-refractivity contribution is 5.59. The van der Waals surface area contributed by atoms with Gasteiger partial charge in [-0.15, -0.1) is 15.3 Å². The molecule has 148 valence electrons. The molecule has 0 amide bonds. The third-order valence-corrected chi connectivity index (χ3v) is 4.74. The second-order valence-electron chi connectivity index (χ2n) is 6.58. The monoisotopic (exact) mass is 391 g/mol. The number of halogens is 2. The summed E-state index contributed by atoms with van der Waals surface area (Å²) < 4.78 is 36.2. The molecule has 4 rings (SSSR count). The molecule has 1 aliphatic rings. The van der Waals surface area contributed by atoms with Crippen LogP contribution in [0.4, 0.5) is 14.7 Å². The Morgan fingerprint density at radius 1 is 1.14 bits per heavy atom. The van der Waals surface area contributed by atoms with E-state index in [4.69, 9.17) is 4.52 Å². The van der Waals surface area contributed by atoms with Crippen molar-refractivity contribution in [2.24, 2.45) is 7.05 Å². The van der Waals surface area contributed by atoms with Gasteiger partial charge in [-0.25, -0.2) is 0 Å². The molecule has 1 fully saturated rings. The molecule has 1 aromatic carbocycles. The van der Waals surface area contributed by atoms with Crippen molar-refractivity contribution in [3.05, 3.63) is 36.2 Å². The number of alkyl halides is 2. The van der Waals surface area contributed by atoms with Crippen LogP contribution in [0.5, 0.6) is 5.75 Å². The van der Waals surface area contributed by atoms with Crippen LogP contribution in [-0.4, -0.2) is 63.3 Å². The van der Waals surface area contributed by atoms with Crippen molar-refractivity contribution in [2.45, 2.75) is 12.7 Å². The van der Waals surface area contributed by atoms with Crippen LogP contribution < -0.4 is 9.64 Å². The Balaban J connectivity index is 1.62. The molecule has 9 nitrogen and oxygen atoms in total. The van der Waals surface area contributed by atoms with Crippen molar-refractivity contribution in [1.29, 1.82) is 0 Å². The van der Waals surface area contributed by atoms with Gasteiger partial charge in [0.2, 0.25) is 5.95 Å². The Morgan fingerprint density at radius 3 is 2.61 bits per heavy atom. The van der Waals surface area contributed by atoms with Gasteiger partial charge in [0.15, 0.2) is 11.6 Å². The third kappa shape index (κ3) is 3.52. The predicted molar refractivity (Wildman–Crippen MR) is 95.0 cm³/mol. The summed E-state index contributed by atoms with van der Waals surface area (Å²) in [6, 6.07) is 6.22. The van der Waals surface area contributed by atoms with Crippen LogP contribution in [0.15, 0.2) is 35.0 Å². The van der Waals surface area contributed by atoms with E-state index in [1.165, 1.54) is 12.1 Å². The molecule has 0 radical (unpaired) electrons. The van der Waals surface area contributed by atoms with E-state index in [-0.39, 0.29) is 11.8 Å². The molecule has 0 saturated carbocycles. The summed E-state index contributed by atoms with van der Waals surface area (Å²) in [4.78, 5) is 4.30. The van der Waals surface area contributed by atoms with E-state index in [9.17, 15) is 8.78 Å². The number of benzene rings is 1. The van der Waals surface area contributed by atoms with E-state index < -0.39 is 6.61 Å². The number of nitrogens with zero attached hydrogens (tertiary/aromatic N) is 7. The summed E-state index contributed by atoms with van der Waals surface area (Å²) in [6.45, 7) is -0.528. The fraction of sp³-hybridized carbons (Fsp3) is 0.412. The van der Waals surface area contributed by atoms with Gasteiger partial charge in [-0.2, -0.15) is 8.78 Å². The maximum Gasteiger partial charge on any atom is 0.387 e. The van der Waals surface area contributed by atoms with Crippen LogP contribution in [-0.2, 0) is 7.05 Å². The van der Waals surface area contributed by atoms with E-state index in [0.29, 0.717) is 17.5 Å². The first kappa shape index (κ1) is 18.3. The summed E-state index contributed by atoms with van der Waals surface area (Å²) in [6.07, 6.45) is 1.61. The van der Waals surface area contributed by atoms with Crippen molar-refractivity contribution < 1.29 is 18.0 Å². The number of hydrogen-bond donors (Lipinski definition) is 0. The van der Waals surface area contributed by atoms with Crippen LogP contribution in [0, 0.1) is 0 Å². The van der Waals surface area contributed by atoms with E-state index in [2.05, 4.69) is 35.1 Å². The van der Waals surface area contributed by atoms with Crippen molar-refractivity contribution in [1.82, 2.24) is 30.0 Å². The molecule has 3 aromatic rings. The van der Waals surface area contributed by atoms with E-state index >= 15 is 0 Å². The quantitative estimate of drug-likeness (QED) is 0.653. The summed E-state index contributed by atoms with van der Waals surface area (Å²) in [5.41, 5.74) is 0.745. The number of ether oxygens (including phenoxy) is 1. The number of hydrogen-bond acceptors (Lipinski definition) is 8.